The number of nitrogens with zero attached hydrogens (tertiary/aromatic N) is 2. The van der Waals surface area contributed by atoms with Gasteiger partial charge in [0.1, 0.15) is 12.6 Å². The normalized spacial score (nSPS) is 27.7. The van der Waals surface area contributed by atoms with Crippen LogP contribution in [0.25, 0.3) is 0 Å². The quantitative estimate of drug-likeness (QED) is 0.227. The van der Waals surface area contributed by atoms with E-state index in [9.17, 15) is 14.4 Å². The standard InChI is InChI=1S/C29H38N2O5S/c1-3-16-30(20-21-12-8-7-9-13-21)27(34)25-29-15-14-22(37-29)23(28(35)36-19-4-2)24(29)26(33)31(25)17-10-5-6-11-18-32/h3-4,7-9,12-13,22-25,32H,1-2,5-6,10-11,14-20H2/t22-,23+,24+,25?,29?/m1/s1. The van der Waals surface area contributed by atoms with Gasteiger partial charge in [-0.05, 0) is 31.2 Å². The average molecular weight is 527 g/mol. The molecular formula is C29H38N2O5S. The van der Waals surface area contributed by atoms with Crippen LogP contribution in [0.4, 0.5) is 0 Å². The lowest BCUT2D eigenvalue weighted by Gasteiger charge is -2.37. The highest BCUT2D eigenvalue weighted by Gasteiger charge is 2.74. The molecule has 1 spiro atoms. The molecule has 8 heteroatoms. The smallest absolute Gasteiger partial charge is 0.311 e. The summed E-state index contributed by atoms with van der Waals surface area (Å²) in [6.07, 6.45) is 7.98. The number of esters is 1. The Hall–Kier alpha value is -2.58. The van der Waals surface area contributed by atoms with Gasteiger partial charge in [-0.2, -0.15) is 0 Å². The van der Waals surface area contributed by atoms with Gasteiger partial charge in [-0.15, -0.1) is 18.3 Å². The molecule has 4 rings (SSSR count). The highest BCUT2D eigenvalue weighted by Crippen LogP contribution is 2.66. The molecule has 7 nitrogen and oxygen atoms in total. The van der Waals surface area contributed by atoms with Crippen LogP contribution in [0.1, 0.15) is 44.1 Å². The summed E-state index contributed by atoms with van der Waals surface area (Å²) in [7, 11) is 0. The van der Waals surface area contributed by atoms with Gasteiger partial charge >= 0.3 is 5.97 Å². The summed E-state index contributed by atoms with van der Waals surface area (Å²) in [5.41, 5.74) is 1.01. The number of likely N-dealkylation sites (tertiary alicyclic amines) is 1. The molecule has 1 aromatic carbocycles. The molecule has 0 radical (unpaired) electrons. The second-order valence-electron chi connectivity index (χ2n) is 10.1. The topological polar surface area (TPSA) is 87.1 Å². The fourth-order valence-corrected chi connectivity index (χ4v) is 8.49. The molecule has 2 amide bonds. The minimum absolute atomic E-state index is 0.0183. The van der Waals surface area contributed by atoms with Crippen LogP contribution < -0.4 is 0 Å². The fourth-order valence-electron chi connectivity index (χ4n) is 6.29. The van der Waals surface area contributed by atoms with Crippen LogP contribution in [-0.4, -0.2) is 75.0 Å². The molecule has 1 aromatic rings. The van der Waals surface area contributed by atoms with Crippen LogP contribution in [0.5, 0.6) is 0 Å². The third kappa shape index (κ3) is 5.36. The van der Waals surface area contributed by atoms with Crippen LogP contribution in [0, 0.1) is 11.8 Å². The molecule has 3 fully saturated rings. The maximum Gasteiger partial charge on any atom is 0.311 e. The van der Waals surface area contributed by atoms with Crippen molar-refractivity contribution in [3.63, 3.8) is 0 Å². The van der Waals surface area contributed by atoms with Crippen molar-refractivity contribution in [1.82, 2.24) is 9.80 Å². The maximum atomic E-state index is 14.3. The summed E-state index contributed by atoms with van der Waals surface area (Å²) in [6, 6.07) is 9.20. The number of thioether (sulfide) groups is 1. The van der Waals surface area contributed by atoms with Crippen LogP contribution in [-0.2, 0) is 25.7 Å². The lowest BCUT2D eigenvalue weighted by atomic mass is 9.71. The van der Waals surface area contributed by atoms with E-state index < -0.39 is 22.6 Å². The van der Waals surface area contributed by atoms with E-state index in [1.807, 2.05) is 30.3 Å². The summed E-state index contributed by atoms with van der Waals surface area (Å²) in [4.78, 5) is 44.9. The third-order valence-corrected chi connectivity index (χ3v) is 9.79. The monoisotopic (exact) mass is 526 g/mol. The Labute approximate surface area is 223 Å². The first-order valence-corrected chi connectivity index (χ1v) is 14.2. The Morgan fingerprint density at radius 1 is 1.16 bits per heavy atom. The van der Waals surface area contributed by atoms with Gasteiger partial charge in [0.2, 0.25) is 11.8 Å². The Kier molecular flexibility index (Phi) is 9.13. The number of benzene rings is 1. The number of amides is 2. The summed E-state index contributed by atoms with van der Waals surface area (Å²) in [5.74, 6) is -1.64. The molecule has 0 aromatic heterocycles. The van der Waals surface area contributed by atoms with E-state index in [2.05, 4.69) is 13.2 Å². The number of hydrogen-bond acceptors (Lipinski definition) is 6. The van der Waals surface area contributed by atoms with Crippen LogP contribution in [0.15, 0.2) is 55.6 Å². The maximum absolute atomic E-state index is 14.3. The summed E-state index contributed by atoms with van der Waals surface area (Å²) >= 11 is 1.66. The van der Waals surface area contributed by atoms with Gasteiger partial charge in [-0.3, -0.25) is 14.4 Å². The first-order chi connectivity index (χ1) is 18.0. The lowest BCUT2D eigenvalue weighted by molar-refractivity contribution is -0.153. The van der Waals surface area contributed by atoms with Gasteiger partial charge in [0.25, 0.3) is 0 Å². The van der Waals surface area contributed by atoms with Gasteiger partial charge in [-0.1, -0.05) is 61.9 Å². The van der Waals surface area contributed by atoms with Crippen molar-refractivity contribution in [2.24, 2.45) is 11.8 Å². The summed E-state index contributed by atoms with van der Waals surface area (Å²) in [5, 5.41) is 9.10. The predicted octanol–water partition coefficient (Wildman–Crippen LogP) is 3.57. The van der Waals surface area contributed by atoms with Crippen LogP contribution >= 0.6 is 11.8 Å². The van der Waals surface area contributed by atoms with Gasteiger partial charge in [0.05, 0.1) is 16.6 Å². The fraction of sp³-hybridized carbons (Fsp3) is 0.552. The number of carbonyl (C=O) groups is 3. The number of aliphatic hydroxyl groups excluding tert-OH is 1. The Bertz CT molecular complexity index is 1000. The first kappa shape index (κ1) is 27.5. The Morgan fingerprint density at radius 3 is 2.62 bits per heavy atom. The number of fused-ring (bicyclic) bond motifs is 1. The molecule has 37 heavy (non-hydrogen) atoms. The second-order valence-corrected chi connectivity index (χ2v) is 11.7. The number of ether oxygens (including phenoxy) is 1. The van der Waals surface area contributed by atoms with E-state index in [0.29, 0.717) is 19.6 Å². The van der Waals surface area contributed by atoms with E-state index in [-0.39, 0.29) is 36.2 Å². The Morgan fingerprint density at radius 2 is 1.92 bits per heavy atom. The zero-order valence-corrected chi connectivity index (χ0v) is 22.2. The van der Waals surface area contributed by atoms with E-state index in [1.54, 1.807) is 27.6 Å². The Balaban J connectivity index is 1.64. The van der Waals surface area contributed by atoms with Crippen LogP contribution in [0.2, 0.25) is 0 Å². The molecule has 1 N–H and O–H groups in total. The van der Waals surface area contributed by atoms with Crippen molar-refractivity contribution in [3.05, 3.63) is 61.2 Å². The van der Waals surface area contributed by atoms with Crippen molar-refractivity contribution in [1.29, 1.82) is 0 Å². The molecule has 200 valence electrons. The van der Waals surface area contributed by atoms with E-state index in [1.165, 1.54) is 6.08 Å². The number of hydrogen-bond donors (Lipinski definition) is 1. The molecule has 2 bridgehead atoms. The lowest BCUT2D eigenvalue weighted by Crippen LogP contribution is -2.54. The molecule has 3 heterocycles. The molecule has 3 aliphatic rings. The molecule has 5 atom stereocenters. The van der Waals surface area contributed by atoms with E-state index in [4.69, 9.17) is 9.84 Å². The van der Waals surface area contributed by atoms with Crippen molar-refractivity contribution in [2.75, 3.05) is 26.3 Å². The van der Waals surface area contributed by atoms with Crippen molar-refractivity contribution in [3.8, 4) is 0 Å². The summed E-state index contributed by atoms with van der Waals surface area (Å²) in [6.45, 7) is 9.03. The van der Waals surface area contributed by atoms with Crippen LogP contribution in [0.3, 0.4) is 0 Å². The van der Waals surface area contributed by atoms with Gasteiger partial charge in [0.15, 0.2) is 0 Å². The third-order valence-electron chi connectivity index (χ3n) is 7.83. The SMILES string of the molecule is C=CCOC(=O)[C@@H]1[C@H]2C(=O)N(CCCCCCO)C(C(=O)N(CC=C)Cc3ccccc3)C23CC[C@H]1S3. The number of unbranched alkanes of at least 4 members (excludes halogenated alkanes) is 3. The van der Waals surface area contributed by atoms with E-state index in [0.717, 1.165) is 44.1 Å². The zero-order valence-electron chi connectivity index (χ0n) is 21.4. The highest BCUT2D eigenvalue weighted by atomic mass is 32.2. The number of aliphatic hydroxyl groups is 1. The molecule has 3 saturated heterocycles. The second kappa shape index (κ2) is 12.3. The molecule has 3 aliphatic heterocycles. The number of rotatable bonds is 14. The molecule has 2 unspecified atom stereocenters. The minimum Gasteiger partial charge on any atom is -0.461 e. The van der Waals surface area contributed by atoms with Gasteiger partial charge in [-0.25, -0.2) is 0 Å². The largest absolute Gasteiger partial charge is 0.461 e. The van der Waals surface area contributed by atoms with Gasteiger partial charge in [0, 0.05) is 31.5 Å². The molecule has 0 aliphatic carbocycles. The van der Waals surface area contributed by atoms with E-state index >= 15 is 0 Å². The first-order valence-electron chi connectivity index (χ1n) is 13.3. The molecular weight excluding hydrogens is 488 g/mol. The summed E-state index contributed by atoms with van der Waals surface area (Å²) < 4.78 is 4.80. The highest BCUT2D eigenvalue weighted by molar-refractivity contribution is 8.02. The van der Waals surface area contributed by atoms with Crippen molar-refractivity contribution < 1.29 is 24.2 Å². The number of carbonyl (C=O) groups excluding carboxylic acids is 3. The van der Waals surface area contributed by atoms with Crippen molar-refractivity contribution in [2.45, 2.75) is 61.1 Å². The van der Waals surface area contributed by atoms with Gasteiger partial charge < -0.3 is 19.6 Å². The average Bonchev–Trinajstić information content (AvgIpc) is 3.54. The zero-order chi connectivity index (χ0) is 26.4. The minimum atomic E-state index is -0.627. The predicted molar refractivity (Wildman–Crippen MR) is 145 cm³/mol. The van der Waals surface area contributed by atoms with Crippen molar-refractivity contribution >= 4 is 29.5 Å². The molecule has 0 saturated carbocycles.